The molecular formula is C8H9N5O3. The maximum absolute atomic E-state index is 11.2. The first kappa shape index (κ1) is 10.4. The van der Waals surface area contributed by atoms with E-state index in [1.807, 2.05) is 0 Å². The molecule has 0 spiro atoms. The number of nitrogens with one attached hydrogen (secondary N) is 1. The molecule has 2 heterocycles. The Morgan fingerprint density at radius 1 is 1.62 bits per heavy atom. The first-order chi connectivity index (χ1) is 7.79. The summed E-state index contributed by atoms with van der Waals surface area (Å²) in [6.45, 7) is 0.0278. The summed E-state index contributed by atoms with van der Waals surface area (Å²) in [6.07, 6.45) is 1.39. The van der Waals surface area contributed by atoms with Crippen molar-refractivity contribution in [3.8, 4) is 11.6 Å². The van der Waals surface area contributed by atoms with Crippen LogP contribution in [0, 0.1) is 0 Å². The molecule has 8 heteroatoms. The third-order valence-electron chi connectivity index (χ3n) is 1.75. The second-order valence-corrected chi connectivity index (χ2v) is 2.99. The van der Waals surface area contributed by atoms with E-state index in [0.29, 0.717) is 5.82 Å². The first-order valence-corrected chi connectivity index (χ1v) is 4.48. The largest absolute Gasteiger partial charge is 0.377 e. The van der Waals surface area contributed by atoms with E-state index in [9.17, 15) is 4.79 Å². The zero-order valence-corrected chi connectivity index (χ0v) is 8.51. The van der Waals surface area contributed by atoms with Gasteiger partial charge in [0.15, 0.2) is 11.6 Å². The molecule has 0 aromatic carbocycles. The van der Waals surface area contributed by atoms with Crippen molar-refractivity contribution in [1.29, 1.82) is 0 Å². The monoisotopic (exact) mass is 223 g/mol. The van der Waals surface area contributed by atoms with Crippen LogP contribution in [0.3, 0.4) is 0 Å². The minimum Gasteiger partial charge on any atom is -0.377 e. The Labute approximate surface area is 90.0 Å². The Balaban J connectivity index is 2.06. The van der Waals surface area contributed by atoms with Crippen LogP contribution in [0.4, 0.5) is 0 Å². The van der Waals surface area contributed by atoms with Crippen LogP contribution in [-0.2, 0) is 16.0 Å². The summed E-state index contributed by atoms with van der Waals surface area (Å²) in [4.78, 5) is 19.1. The highest BCUT2D eigenvalue weighted by molar-refractivity contribution is 5.81. The lowest BCUT2D eigenvalue weighted by atomic mass is 10.3. The number of carbonyl (C=O) groups excluding carboxylic acids is 1. The van der Waals surface area contributed by atoms with Gasteiger partial charge in [-0.1, -0.05) is 5.16 Å². The summed E-state index contributed by atoms with van der Waals surface area (Å²) >= 11 is 0. The Bertz CT molecular complexity index is 464. The van der Waals surface area contributed by atoms with Crippen molar-refractivity contribution in [2.24, 2.45) is 0 Å². The second-order valence-electron chi connectivity index (χ2n) is 2.99. The van der Waals surface area contributed by atoms with Gasteiger partial charge < -0.3 is 9.26 Å². The number of rotatable bonds is 5. The van der Waals surface area contributed by atoms with Crippen LogP contribution in [-0.4, -0.2) is 44.8 Å². The summed E-state index contributed by atoms with van der Waals surface area (Å²) in [5.41, 5.74) is 0. The van der Waals surface area contributed by atoms with Crippen LogP contribution >= 0.6 is 0 Å². The van der Waals surface area contributed by atoms with E-state index in [1.165, 1.54) is 13.4 Å². The van der Waals surface area contributed by atoms with Crippen LogP contribution in [0.2, 0.25) is 0 Å². The molecule has 0 radical (unpaired) electrons. The van der Waals surface area contributed by atoms with E-state index in [-0.39, 0.29) is 30.5 Å². The van der Waals surface area contributed by atoms with Gasteiger partial charge in [0.25, 0.3) is 0 Å². The lowest BCUT2D eigenvalue weighted by molar-refractivity contribution is -0.122. The van der Waals surface area contributed by atoms with E-state index in [1.54, 1.807) is 0 Å². The first-order valence-electron chi connectivity index (χ1n) is 4.48. The maximum Gasteiger partial charge on any atom is 0.239 e. The van der Waals surface area contributed by atoms with Gasteiger partial charge >= 0.3 is 0 Å². The van der Waals surface area contributed by atoms with E-state index >= 15 is 0 Å². The molecule has 0 atom stereocenters. The molecule has 2 aromatic heterocycles. The molecule has 1 N–H and O–H groups in total. The standard InChI is InChI=1S/C8H9N5O3/c1-15-3-5(14)2-6-11-8(13-16-6)7-9-4-10-12-7/h4H,2-3H2,1H3,(H,9,10,12). The highest BCUT2D eigenvalue weighted by atomic mass is 16.5. The van der Waals surface area contributed by atoms with Crippen molar-refractivity contribution in [3.05, 3.63) is 12.2 Å². The van der Waals surface area contributed by atoms with Gasteiger partial charge in [-0.3, -0.25) is 9.89 Å². The number of Topliss-reactive ketones (excluding diaryl/α,β-unsaturated/α-hetero) is 1. The molecule has 0 fully saturated rings. The fraction of sp³-hybridized carbons (Fsp3) is 0.375. The van der Waals surface area contributed by atoms with Crippen molar-refractivity contribution in [3.63, 3.8) is 0 Å². The number of nitrogens with zero attached hydrogens (tertiary/aromatic N) is 4. The van der Waals surface area contributed by atoms with Crippen molar-refractivity contribution >= 4 is 5.78 Å². The minimum absolute atomic E-state index is 0.0278. The molecule has 0 amide bonds. The number of carbonyl (C=O) groups is 1. The van der Waals surface area contributed by atoms with Crippen LogP contribution in [0.5, 0.6) is 0 Å². The zero-order chi connectivity index (χ0) is 11.4. The summed E-state index contributed by atoms with van der Waals surface area (Å²) in [5.74, 6) is 0.774. The molecule has 0 aliphatic heterocycles. The van der Waals surface area contributed by atoms with Gasteiger partial charge in [0.1, 0.15) is 12.9 Å². The maximum atomic E-state index is 11.2. The molecule has 0 unspecified atom stereocenters. The molecule has 84 valence electrons. The fourth-order valence-electron chi connectivity index (χ4n) is 1.12. The van der Waals surface area contributed by atoms with Crippen molar-refractivity contribution in [2.75, 3.05) is 13.7 Å². The Kier molecular flexibility index (Phi) is 3.01. The molecule has 0 saturated heterocycles. The summed E-state index contributed by atoms with van der Waals surface area (Å²) in [5, 5.41) is 9.90. The summed E-state index contributed by atoms with van der Waals surface area (Å²) in [6, 6.07) is 0. The van der Waals surface area contributed by atoms with Crippen LogP contribution in [0.1, 0.15) is 5.89 Å². The SMILES string of the molecule is COCC(=O)Cc1nc(-c2ncn[nH]2)no1. The Morgan fingerprint density at radius 2 is 2.50 bits per heavy atom. The molecule has 0 aliphatic carbocycles. The fourth-order valence-corrected chi connectivity index (χ4v) is 1.12. The number of ether oxygens (including phenoxy) is 1. The third-order valence-corrected chi connectivity index (χ3v) is 1.75. The van der Waals surface area contributed by atoms with Gasteiger partial charge in [-0.05, 0) is 0 Å². The topological polar surface area (TPSA) is 107 Å². The molecule has 2 rings (SSSR count). The molecule has 16 heavy (non-hydrogen) atoms. The number of methoxy groups -OCH3 is 1. The summed E-state index contributed by atoms with van der Waals surface area (Å²) in [7, 11) is 1.45. The Hall–Kier alpha value is -2.09. The van der Waals surface area contributed by atoms with Gasteiger partial charge in [-0.2, -0.15) is 10.1 Å². The van der Waals surface area contributed by atoms with Gasteiger partial charge in [0.2, 0.25) is 11.7 Å². The van der Waals surface area contributed by atoms with Crippen molar-refractivity contribution < 1.29 is 14.1 Å². The molecular weight excluding hydrogens is 214 g/mol. The van der Waals surface area contributed by atoms with Gasteiger partial charge in [-0.15, -0.1) is 0 Å². The van der Waals surface area contributed by atoms with Gasteiger partial charge in [0.05, 0.1) is 6.42 Å². The lowest BCUT2D eigenvalue weighted by Gasteiger charge is -1.92. The van der Waals surface area contributed by atoms with Gasteiger partial charge in [-0.25, -0.2) is 4.98 Å². The Morgan fingerprint density at radius 3 is 3.19 bits per heavy atom. The average molecular weight is 223 g/mol. The van der Waals surface area contributed by atoms with Crippen LogP contribution in [0.15, 0.2) is 10.9 Å². The predicted molar refractivity (Wildman–Crippen MR) is 50.3 cm³/mol. The molecule has 0 aliphatic rings. The number of ketones is 1. The highest BCUT2D eigenvalue weighted by Crippen LogP contribution is 2.09. The number of aromatic amines is 1. The number of H-pyrrole nitrogens is 1. The van der Waals surface area contributed by atoms with E-state index in [2.05, 4.69) is 30.1 Å². The highest BCUT2D eigenvalue weighted by Gasteiger charge is 2.13. The minimum atomic E-state index is -0.129. The van der Waals surface area contributed by atoms with Crippen LogP contribution < -0.4 is 0 Å². The van der Waals surface area contributed by atoms with Gasteiger partial charge in [0, 0.05) is 7.11 Å². The van der Waals surface area contributed by atoms with E-state index < -0.39 is 0 Å². The van der Waals surface area contributed by atoms with Crippen LogP contribution in [0.25, 0.3) is 11.6 Å². The lowest BCUT2D eigenvalue weighted by Crippen LogP contribution is -2.09. The normalized spacial score (nSPS) is 10.6. The second kappa shape index (κ2) is 4.62. The zero-order valence-electron chi connectivity index (χ0n) is 8.51. The smallest absolute Gasteiger partial charge is 0.239 e. The van der Waals surface area contributed by atoms with Crippen molar-refractivity contribution in [1.82, 2.24) is 25.3 Å². The summed E-state index contributed by atoms with van der Waals surface area (Å²) < 4.78 is 9.57. The number of hydrogen-bond donors (Lipinski definition) is 1. The molecule has 0 saturated carbocycles. The molecule has 8 nitrogen and oxygen atoms in total. The third kappa shape index (κ3) is 2.28. The molecule has 2 aromatic rings. The number of hydrogen-bond acceptors (Lipinski definition) is 7. The van der Waals surface area contributed by atoms with E-state index in [4.69, 9.17) is 4.52 Å². The predicted octanol–water partition coefficient (Wildman–Crippen LogP) is -0.387. The van der Waals surface area contributed by atoms with Crippen molar-refractivity contribution in [2.45, 2.75) is 6.42 Å². The molecule has 0 bridgehead atoms. The van der Waals surface area contributed by atoms with E-state index in [0.717, 1.165) is 0 Å². The average Bonchev–Trinajstić information content (AvgIpc) is 2.86. The quantitative estimate of drug-likeness (QED) is 0.735. The number of aromatic nitrogens is 5.